The minimum atomic E-state index is 0.564. The highest BCUT2D eigenvalue weighted by atomic mass is 16.5. The van der Waals surface area contributed by atoms with Gasteiger partial charge in [-0.3, -0.25) is 0 Å². The molecule has 0 heterocycles. The smallest absolute Gasteiger partial charge is 0.124 e. The van der Waals surface area contributed by atoms with Gasteiger partial charge in [0.15, 0.2) is 0 Å². The van der Waals surface area contributed by atoms with Gasteiger partial charge in [-0.05, 0) is 24.6 Å². The predicted octanol–water partition coefficient (Wildman–Crippen LogP) is 2.59. The van der Waals surface area contributed by atoms with Gasteiger partial charge in [-0.2, -0.15) is 0 Å². The van der Waals surface area contributed by atoms with Gasteiger partial charge in [0, 0.05) is 17.9 Å². The van der Waals surface area contributed by atoms with Crippen LogP contribution in [0.4, 0.5) is 5.69 Å². The van der Waals surface area contributed by atoms with Gasteiger partial charge in [0.25, 0.3) is 0 Å². The van der Waals surface area contributed by atoms with E-state index < -0.39 is 0 Å². The van der Waals surface area contributed by atoms with Gasteiger partial charge in [0.05, 0.1) is 13.7 Å². The van der Waals surface area contributed by atoms with E-state index in [1.807, 2.05) is 18.2 Å². The lowest BCUT2D eigenvalue weighted by Gasteiger charge is -2.09. The molecule has 0 fully saturated rings. The topological polar surface area (TPSA) is 44.5 Å². The first-order chi connectivity index (χ1) is 7.27. The molecule has 0 bridgehead atoms. The average Bonchev–Trinajstić information content (AvgIpc) is 2.25. The molecule has 0 saturated heterocycles. The summed E-state index contributed by atoms with van der Waals surface area (Å²) in [6.07, 6.45) is 2.23. The maximum atomic E-state index is 5.70. The molecule has 0 aromatic heterocycles. The van der Waals surface area contributed by atoms with Crippen LogP contribution < -0.4 is 10.5 Å². The lowest BCUT2D eigenvalue weighted by Crippen LogP contribution is -1.99. The van der Waals surface area contributed by atoms with Crippen LogP contribution in [0.3, 0.4) is 0 Å². The number of nitrogens with two attached hydrogens (primary N) is 1. The maximum Gasteiger partial charge on any atom is 0.124 e. The van der Waals surface area contributed by atoms with Gasteiger partial charge in [-0.1, -0.05) is 13.3 Å². The van der Waals surface area contributed by atoms with Crippen LogP contribution in [-0.2, 0) is 11.3 Å². The molecule has 0 radical (unpaired) electrons. The molecule has 0 aliphatic rings. The molecule has 3 heteroatoms. The minimum Gasteiger partial charge on any atom is -0.496 e. The van der Waals surface area contributed by atoms with Gasteiger partial charge in [0.2, 0.25) is 0 Å². The Hall–Kier alpha value is -1.22. The number of hydrogen-bond donors (Lipinski definition) is 1. The summed E-state index contributed by atoms with van der Waals surface area (Å²) < 4.78 is 10.7. The van der Waals surface area contributed by atoms with Crippen LogP contribution in [0.15, 0.2) is 18.2 Å². The number of rotatable bonds is 6. The predicted molar refractivity (Wildman–Crippen MR) is 62.0 cm³/mol. The zero-order valence-corrected chi connectivity index (χ0v) is 9.45. The van der Waals surface area contributed by atoms with E-state index in [0.717, 1.165) is 36.4 Å². The minimum absolute atomic E-state index is 0.564. The lowest BCUT2D eigenvalue weighted by molar-refractivity contribution is 0.116. The summed E-state index contributed by atoms with van der Waals surface area (Å²) in [5, 5.41) is 0. The molecule has 0 unspecified atom stereocenters. The van der Waals surface area contributed by atoms with Crippen molar-refractivity contribution in [1.82, 2.24) is 0 Å². The number of methoxy groups -OCH3 is 1. The van der Waals surface area contributed by atoms with Crippen LogP contribution in [0.2, 0.25) is 0 Å². The van der Waals surface area contributed by atoms with Crippen molar-refractivity contribution in [3.8, 4) is 5.75 Å². The number of unbranched alkanes of at least 4 members (excludes halogenated alkanes) is 1. The third-order valence-electron chi connectivity index (χ3n) is 2.20. The zero-order chi connectivity index (χ0) is 11.1. The van der Waals surface area contributed by atoms with E-state index in [0.29, 0.717) is 6.61 Å². The fourth-order valence-electron chi connectivity index (χ4n) is 1.34. The Kier molecular flexibility index (Phi) is 4.98. The standard InChI is InChI=1S/C12H19NO2/c1-3-4-7-15-9-10-8-11(13)5-6-12(10)14-2/h5-6,8H,3-4,7,9,13H2,1-2H3. The summed E-state index contributed by atoms with van der Waals surface area (Å²) in [6, 6.07) is 5.59. The van der Waals surface area contributed by atoms with E-state index in [-0.39, 0.29) is 0 Å². The van der Waals surface area contributed by atoms with E-state index >= 15 is 0 Å². The second kappa shape index (κ2) is 6.30. The molecule has 2 N–H and O–H groups in total. The highest BCUT2D eigenvalue weighted by molar-refractivity contribution is 5.47. The first kappa shape index (κ1) is 11.9. The van der Waals surface area contributed by atoms with Crippen LogP contribution in [0.1, 0.15) is 25.3 Å². The summed E-state index contributed by atoms with van der Waals surface area (Å²) in [5.74, 6) is 0.834. The summed E-state index contributed by atoms with van der Waals surface area (Å²) in [4.78, 5) is 0. The van der Waals surface area contributed by atoms with Crippen LogP contribution in [0.5, 0.6) is 5.75 Å². The lowest BCUT2D eigenvalue weighted by atomic mass is 10.2. The highest BCUT2D eigenvalue weighted by Gasteiger charge is 2.03. The van der Waals surface area contributed by atoms with Crippen molar-refractivity contribution in [3.05, 3.63) is 23.8 Å². The molecule has 84 valence electrons. The molecule has 15 heavy (non-hydrogen) atoms. The van der Waals surface area contributed by atoms with Crippen LogP contribution in [0, 0.1) is 0 Å². The van der Waals surface area contributed by atoms with E-state index in [1.54, 1.807) is 7.11 Å². The third-order valence-corrected chi connectivity index (χ3v) is 2.20. The number of ether oxygens (including phenoxy) is 2. The van der Waals surface area contributed by atoms with Gasteiger partial charge in [-0.15, -0.1) is 0 Å². The fourth-order valence-corrected chi connectivity index (χ4v) is 1.34. The quantitative estimate of drug-likeness (QED) is 0.578. The van der Waals surface area contributed by atoms with Gasteiger partial charge in [0.1, 0.15) is 5.75 Å². The van der Waals surface area contributed by atoms with Crippen molar-refractivity contribution in [2.75, 3.05) is 19.5 Å². The Morgan fingerprint density at radius 3 is 2.80 bits per heavy atom. The number of nitrogen functional groups attached to an aromatic ring is 1. The summed E-state index contributed by atoms with van der Waals surface area (Å²) in [7, 11) is 1.65. The van der Waals surface area contributed by atoms with Crippen LogP contribution >= 0.6 is 0 Å². The summed E-state index contributed by atoms with van der Waals surface area (Å²) in [5.41, 5.74) is 7.45. The van der Waals surface area contributed by atoms with E-state index in [1.165, 1.54) is 0 Å². The SMILES string of the molecule is CCCCOCc1cc(N)ccc1OC. The van der Waals surface area contributed by atoms with Crippen molar-refractivity contribution >= 4 is 5.69 Å². The summed E-state index contributed by atoms with van der Waals surface area (Å²) in [6.45, 7) is 3.49. The van der Waals surface area contributed by atoms with Gasteiger partial charge in [-0.25, -0.2) is 0 Å². The average molecular weight is 209 g/mol. The van der Waals surface area contributed by atoms with Crippen molar-refractivity contribution < 1.29 is 9.47 Å². The van der Waals surface area contributed by atoms with E-state index in [4.69, 9.17) is 15.2 Å². The molecule has 0 atom stereocenters. The Bertz CT molecular complexity index is 300. The van der Waals surface area contributed by atoms with Crippen molar-refractivity contribution in [1.29, 1.82) is 0 Å². The monoisotopic (exact) mass is 209 g/mol. The highest BCUT2D eigenvalue weighted by Crippen LogP contribution is 2.21. The summed E-state index contributed by atoms with van der Waals surface area (Å²) >= 11 is 0. The van der Waals surface area contributed by atoms with Crippen molar-refractivity contribution in [2.45, 2.75) is 26.4 Å². The Morgan fingerprint density at radius 1 is 1.33 bits per heavy atom. The molecule has 3 nitrogen and oxygen atoms in total. The second-order valence-electron chi connectivity index (χ2n) is 3.48. The Labute approximate surface area is 91.2 Å². The molecule has 0 aliphatic heterocycles. The normalized spacial score (nSPS) is 10.3. The number of anilines is 1. The number of benzene rings is 1. The molecular weight excluding hydrogens is 190 g/mol. The zero-order valence-electron chi connectivity index (χ0n) is 9.45. The molecule has 0 amide bonds. The first-order valence-electron chi connectivity index (χ1n) is 5.28. The molecule has 1 aromatic rings. The molecule has 0 aliphatic carbocycles. The van der Waals surface area contributed by atoms with Crippen LogP contribution in [-0.4, -0.2) is 13.7 Å². The number of hydrogen-bond acceptors (Lipinski definition) is 3. The molecule has 1 rings (SSSR count). The Morgan fingerprint density at radius 2 is 2.13 bits per heavy atom. The van der Waals surface area contributed by atoms with Gasteiger partial charge < -0.3 is 15.2 Å². The van der Waals surface area contributed by atoms with Crippen LogP contribution in [0.25, 0.3) is 0 Å². The van der Waals surface area contributed by atoms with Crippen molar-refractivity contribution in [2.24, 2.45) is 0 Å². The molecular formula is C12H19NO2. The molecule has 0 spiro atoms. The third kappa shape index (κ3) is 3.80. The fraction of sp³-hybridized carbons (Fsp3) is 0.500. The van der Waals surface area contributed by atoms with E-state index in [2.05, 4.69) is 6.92 Å². The Balaban J connectivity index is 2.54. The largest absolute Gasteiger partial charge is 0.496 e. The molecule has 0 saturated carbocycles. The van der Waals surface area contributed by atoms with Gasteiger partial charge >= 0.3 is 0 Å². The van der Waals surface area contributed by atoms with Crippen molar-refractivity contribution in [3.63, 3.8) is 0 Å². The second-order valence-corrected chi connectivity index (χ2v) is 3.48. The van der Waals surface area contributed by atoms with E-state index in [9.17, 15) is 0 Å². The molecule has 1 aromatic carbocycles. The first-order valence-corrected chi connectivity index (χ1v) is 5.28. The maximum absolute atomic E-state index is 5.70.